The molecule has 4 aliphatic rings. The number of fused-ring (bicyclic) bond motifs is 4. The van der Waals surface area contributed by atoms with Crippen LogP contribution in [0.4, 0.5) is 0 Å². The summed E-state index contributed by atoms with van der Waals surface area (Å²) < 4.78 is 43.9. The first-order chi connectivity index (χ1) is 25.6. The summed E-state index contributed by atoms with van der Waals surface area (Å²) in [5.74, 6) is -5.15. The Morgan fingerprint density at radius 2 is 1.56 bits per heavy atom. The predicted octanol–water partition coefficient (Wildman–Crippen LogP) is 5.06. The van der Waals surface area contributed by atoms with E-state index in [1.165, 1.54) is 14.2 Å². The molecule has 304 valence electrons. The number of aliphatic hydroxyl groups excluding tert-OH is 2. The van der Waals surface area contributed by atoms with E-state index in [4.69, 9.17) is 32.8 Å². The Balaban J connectivity index is 1.63. The molecule has 1 spiro atoms. The molecule has 12 nitrogen and oxygen atoms in total. The summed E-state index contributed by atoms with van der Waals surface area (Å²) in [6.45, 7) is 15.9. The molecule has 0 aromatic heterocycles. The first kappa shape index (κ1) is 41.9. The molecule has 13 heteroatoms. The molecule has 2 bridgehead atoms. The molecule has 3 N–H and O–H groups in total. The van der Waals surface area contributed by atoms with Crippen molar-refractivity contribution in [3.63, 3.8) is 0 Å². The summed E-state index contributed by atoms with van der Waals surface area (Å²) >= 11 is 0. The maximum atomic E-state index is 16.1. The SMILES string of the molecule is COc1ccc(CO[C@H]2C(=O)[C@]3(C)[C@@H](O[Si](C)(C)C(C)(C)C)CC[C@@]4(CO4)[C@H]3[C@H](OC(=O)c3ccccc3)[C@]3(O)[C@H](O)C(OC)(OC)[C@@H](O)[C@H]2C3(C)C)cc1. The molecule has 0 unspecified atom stereocenters. The minimum Gasteiger partial charge on any atom is -0.497 e. The third kappa shape index (κ3) is 6.33. The first-order valence-corrected chi connectivity index (χ1v) is 22.1. The van der Waals surface area contributed by atoms with Crippen molar-refractivity contribution in [2.45, 2.75) is 127 Å². The number of ketones is 1. The van der Waals surface area contributed by atoms with Gasteiger partial charge in [-0.2, -0.15) is 0 Å². The minimum atomic E-state index is -2.60. The summed E-state index contributed by atoms with van der Waals surface area (Å²) in [5.41, 5.74) is -5.69. The van der Waals surface area contributed by atoms with Crippen LogP contribution in [0, 0.1) is 22.7 Å². The van der Waals surface area contributed by atoms with Gasteiger partial charge in [-0.25, -0.2) is 4.79 Å². The maximum Gasteiger partial charge on any atom is 0.338 e. The monoisotopic (exact) mass is 784 g/mol. The molecule has 2 aromatic rings. The molecular weight excluding hydrogens is 725 g/mol. The molecule has 2 aromatic carbocycles. The number of Topliss-reactive ketones (excluding diaryl/α,β-unsaturated/α-hetero) is 1. The van der Waals surface area contributed by atoms with E-state index in [9.17, 15) is 20.1 Å². The van der Waals surface area contributed by atoms with Crippen molar-refractivity contribution in [1.82, 2.24) is 0 Å². The molecule has 1 aliphatic heterocycles. The second-order valence-electron chi connectivity index (χ2n) is 18.2. The number of aliphatic hydroxyl groups is 3. The molecule has 4 fully saturated rings. The Hall–Kier alpha value is -2.72. The van der Waals surface area contributed by atoms with Gasteiger partial charge in [-0.1, -0.05) is 65.0 Å². The third-order valence-electron chi connectivity index (χ3n) is 14.2. The van der Waals surface area contributed by atoms with Gasteiger partial charge in [0.1, 0.15) is 35.8 Å². The Morgan fingerprint density at radius 1 is 0.964 bits per heavy atom. The van der Waals surface area contributed by atoms with Gasteiger partial charge in [-0.3, -0.25) is 4.79 Å². The van der Waals surface area contributed by atoms with Crippen LogP contribution < -0.4 is 4.74 Å². The topological polar surface area (TPSA) is 163 Å². The third-order valence-corrected chi connectivity index (χ3v) is 18.7. The van der Waals surface area contributed by atoms with Gasteiger partial charge in [-0.05, 0) is 67.7 Å². The average molecular weight is 785 g/mol. The zero-order chi connectivity index (χ0) is 40.6. The van der Waals surface area contributed by atoms with E-state index in [-0.39, 0.29) is 23.8 Å². The summed E-state index contributed by atoms with van der Waals surface area (Å²) in [6.07, 6.45) is -6.61. The van der Waals surface area contributed by atoms with E-state index < -0.39 is 90.2 Å². The largest absolute Gasteiger partial charge is 0.497 e. The van der Waals surface area contributed by atoms with Gasteiger partial charge in [0.05, 0.1) is 43.0 Å². The maximum absolute atomic E-state index is 16.1. The Labute approximate surface area is 325 Å². The summed E-state index contributed by atoms with van der Waals surface area (Å²) in [5, 5.41) is 38.6. The van der Waals surface area contributed by atoms with Crippen LogP contribution in [0.3, 0.4) is 0 Å². The lowest BCUT2D eigenvalue weighted by Gasteiger charge is -2.68. The number of benzene rings is 2. The van der Waals surface area contributed by atoms with E-state index in [0.717, 1.165) is 5.56 Å². The average Bonchev–Trinajstić information content (AvgIpc) is 3.92. The molecule has 1 saturated heterocycles. The highest BCUT2D eigenvalue weighted by molar-refractivity contribution is 6.74. The van der Waals surface area contributed by atoms with Crippen LogP contribution >= 0.6 is 0 Å². The van der Waals surface area contributed by atoms with Crippen molar-refractivity contribution in [2.24, 2.45) is 22.7 Å². The molecule has 3 aliphatic carbocycles. The fourth-order valence-corrected chi connectivity index (χ4v) is 11.1. The minimum absolute atomic E-state index is 0.0454. The smallest absolute Gasteiger partial charge is 0.338 e. The van der Waals surface area contributed by atoms with Gasteiger partial charge < -0.3 is 48.2 Å². The van der Waals surface area contributed by atoms with Crippen molar-refractivity contribution in [2.75, 3.05) is 27.9 Å². The van der Waals surface area contributed by atoms with Crippen LogP contribution in [0.5, 0.6) is 5.75 Å². The Bertz CT molecular complexity index is 1720. The van der Waals surface area contributed by atoms with Crippen molar-refractivity contribution in [3.8, 4) is 5.75 Å². The Kier molecular flexibility index (Phi) is 10.9. The summed E-state index contributed by atoms with van der Waals surface area (Å²) in [4.78, 5) is 30.4. The quantitative estimate of drug-likeness (QED) is 0.127. The zero-order valence-electron chi connectivity index (χ0n) is 34.1. The van der Waals surface area contributed by atoms with E-state index in [0.29, 0.717) is 18.6 Å². The molecule has 10 atom stereocenters. The second-order valence-corrected chi connectivity index (χ2v) is 23.0. The number of hydrogen-bond acceptors (Lipinski definition) is 12. The number of epoxide rings is 1. The summed E-state index contributed by atoms with van der Waals surface area (Å²) in [7, 11) is 1.47. The van der Waals surface area contributed by atoms with Crippen LogP contribution in [0.25, 0.3) is 0 Å². The molecular formula is C42H60O12Si. The zero-order valence-corrected chi connectivity index (χ0v) is 35.1. The molecule has 0 amide bonds. The Morgan fingerprint density at radius 3 is 2.09 bits per heavy atom. The van der Waals surface area contributed by atoms with Crippen molar-refractivity contribution >= 4 is 20.1 Å². The van der Waals surface area contributed by atoms with Crippen molar-refractivity contribution in [3.05, 3.63) is 65.7 Å². The highest BCUT2D eigenvalue weighted by atomic mass is 28.4. The van der Waals surface area contributed by atoms with Crippen molar-refractivity contribution < 1.29 is 57.8 Å². The number of hydrogen-bond donors (Lipinski definition) is 3. The van der Waals surface area contributed by atoms with Gasteiger partial charge in [-0.15, -0.1) is 0 Å². The fraction of sp³-hybridized carbons (Fsp3) is 0.667. The lowest BCUT2D eigenvalue weighted by atomic mass is 9.43. The normalized spacial score (nSPS) is 36.7. The molecule has 6 rings (SSSR count). The van der Waals surface area contributed by atoms with Crippen LogP contribution in [-0.4, -0.2) is 111 Å². The van der Waals surface area contributed by atoms with Gasteiger partial charge in [0.25, 0.3) is 0 Å². The van der Waals surface area contributed by atoms with E-state index in [1.807, 2.05) is 12.1 Å². The second kappa shape index (κ2) is 14.3. The van der Waals surface area contributed by atoms with E-state index in [2.05, 4.69) is 33.9 Å². The number of methoxy groups -OCH3 is 3. The fourth-order valence-electron chi connectivity index (χ4n) is 9.68. The van der Waals surface area contributed by atoms with E-state index in [1.54, 1.807) is 70.3 Å². The lowest BCUT2D eigenvalue weighted by molar-refractivity contribution is -0.410. The van der Waals surface area contributed by atoms with E-state index >= 15 is 4.79 Å². The highest BCUT2D eigenvalue weighted by Crippen LogP contribution is 2.67. The molecule has 3 saturated carbocycles. The lowest BCUT2D eigenvalue weighted by Crippen LogP contribution is -2.85. The van der Waals surface area contributed by atoms with Gasteiger partial charge in [0, 0.05) is 31.5 Å². The standard InChI is InChI=1S/C42H60O12Si/c1-37(2,3)55(10,11)54-28-21-22-40(24-52-40)31-34(53-35(45)26-15-13-12-14-16-26)41(47)36(46)42(49-8,50-9)32(43)29(38(41,4)5)30(33(44)39(28,31)6)51-23-25-17-19-27(48-7)20-18-25/h12-20,28-32,34,36,43,46-47H,21-24H2,1-11H3/t28-,29-,30+,31-,32-,34-,36-,39+,40+,41-/m0/s1. The van der Waals surface area contributed by atoms with Gasteiger partial charge >= 0.3 is 5.97 Å². The van der Waals surface area contributed by atoms with Crippen molar-refractivity contribution in [1.29, 1.82) is 0 Å². The molecule has 55 heavy (non-hydrogen) atoms. The van der Waals surface area contributed by atoms with Crippen LogP contribution in [0.15, 0.2) is 54.6 Å². The summed E-state index contributed by atoms with van der Waals surface area (Å²) in [6, 6.07) is 15.6. The highest BCUT2D eigenvalue weighted by Gasteiger charge is 2.82. The van der Waals surface area contributed by atoms with Gasteiger partial charge in [0.2, 0.25) is 5.79 Å². The molecule has 1 heterocycles. The van der Waals surface area contributed by atoms with Crippen LogP contribution in [-0.2, 0) is 39.5 Å². The molecule has 0 radical (unpaired) electrons. The predicted molar refractivity (Wildman–Crippen MR) is 205 cm³/mol. The van der Waals surface area contributed by atoms with Crippen LogP contribution in [0.1, 0.15) is 70.3 Å². The number of esters is 1. The van der Waals surface area contributed by atoms with Gasteiger partial charge in [0.15, 0.2) is 14.1 Å². The number of ether oxygens (including phenoxy) is 6. The first-order valence-electron chi connectivity index (χ1n) is 19.2. The number of carbonyl (C=O) groups excluding carboxylic acids is 2. The number of rotatable bonds is 10. The number of carbonyl (C=O) groups is 2. The van der Waals surface area contributed by atoms with Crippen LogP contribution in [0.2, 0.25) is 18.1 Å².